The summed E-state index contributed by atoms with van der Waals surface area (Å²) in [4.78, 5) is 14.8. The number of carbonyl (C=O) groups excluding carboxylic acids is 1. The first-order chi connectivity index (χ1) is 13.5. The van der Waals surface area contributed by atoms with Gasteiger partial charge in [0.15, 0.2) is 0 Å². The maximum Gasteiger partial charge on any atom is 0.387 e. The van der Waals surface area contributed by atoms with Crippen molar-refractivity contribution in [3.05, 3.63) is 65.0 Å². The molecule has 0 aromatic heterocycles. The van der Waals surface area contributed by atoms with Crippen LogP contribution < -0.4 is 9.47 Å². The Labute approximate surface area is 160 Å². The molecular formula is C21H18F3NO3. The second-order valence-corrected chi connectivity index (χ2v) is 6.68. The molecule has 1 amide bonds. The van der Waals surface area contributed by atoms with Crippen LogP contribution in [-0.2, 0) is 4.79 Å². The molecule has 0 spiro atoms. The molecule has 0 atom stereocenters. The molecule has 4 nitrogen and oxygen atoms in total. The van der Waals surface area contributed by atoms with Gasteiger partial charge in [-0.3, -0.25) is 4.79 Å². The van der Waals surface area contributed by atoms with Crippen LogP contribution in [0.4, 0.5) is 13.2 Å². The standard InChI is InChI=1S/C21H18F3NO3/c22-14-5-3-13(4-6-14)19-16-11-15(28-21(23)24)7-8-18(16)27-12-17(19)20(26)25-9-1-2-10-25/h3-8,11,21H,1-2,9-10,12H2. The van der Waals surface area contributed by atoms with E-state index in [4.69, 9.17) is 4.74 Å². The Morgan fingerprint density at radius 1 is 1.07 bits per heavy atom. The third kappa shape index (κ3) is 3.56. The Morgan fingerprint density at radius 2 is 1.79 bits per heavy atom. The summed E-state index contributed by atoms with van der Waals surface area (Å²) in [5.41, 5.74) is 2.06. The lowest BCUT2D eigenvalue weighted by atomic mass is 9.90. The number of halogens is 3. The Morgan fingerprint density at radius 3 is 2.46 bits per heavy atom. The van der Waals surface area contributed by atoms with E-state index in [1.165, 1.54) is 30.3 Å². The van der Waals surface area contributed by atoms with Crippen molar-refractivity contribution in [3.63, 3.8) is 0 Å². The highest BCUT2D eigenvalue weighted by molar-refractivity contribution is 6.06. The van der Waals surface area contributed by atoms with Gasteiger partial charge in [-0.05, 0) is 48.7 Å². The van der Waals surface area contributed by atoms with Crippen LogP contribution in [0.25, 0.3) is 5.57 Å². The molecule has 0 saturated carbocycles. The summed E-state index contributed by atoms with van der Waals surface area (Å²) in [6, 6.07) is 10.1. The van der Waals surface area contributed by atoms with E-state index in [1.807, 2.05) is 0 Å². The van der Waals surface area contributed by atoms with Crippen molar-refractivity contribution >= 4 is 11.5 Å². The van der Waals surface area contributed by atoms with E-state index in [1.54, 1.807) is 17.0 Å². The van der Waals surface area contributed by atoms with E-state index in [0.717, 1.165) is 12.8 Å². The van der Waals surface area contributed by atoms with Crippen molar-refractivity contribution in [1.29, 1.82) is 0 Å². The second kappa shape index (κ2) is 7.58. The predicted molar refractivity (Wildman–Crippen MR) is 96.8 cm³/mol. The number of fused-ring (bicyclic) bond motifs is 1. The summed E-state index contributed by atoms with van der Waals surface area (Å²) < 4.78 is 49.0. The molecule has 4 rings (SSSR count). The zero-order valence-corrected chi connectivity index (χ0v) is 15.0. The van der Waals surface area contributed by atoms with E-state index in [9.17, 15) is 18.0 Å². The quantitative estimate of drug-likeness (QED) is 0.785. The summed E-state index contributed by atoms with van der Waals surface area (Å²) in [6.45, 7) is -1.57. The largest absolute Gasteiger partial charge is 0.488 e. The van der Waals surface area contributed by atoms with Crippen LogP contribution in [-0.4, -0.2) is 37.1 Å². The molecule has 0 N–H and O–H groups in total. The minimum Gasteiger partial charge on any atom is -0.488 e. The van der Waals surface area contributed by atoms with Crippen molar-refractivity contribution < 1.29 is 27.4 Å². The number of alkyl halides is 2. The molecule has 2 aromatic rings. The molecule has 0 bridgehead atoms. The number of nitrogens with zero attached hydrogens (tertiary/aromatic N) is 1. The number of ether oxygens (including phenoxy) is 2. The van der Waals surface area contributed by atoms with Gasteiger partial charge in [-0.2, -0.15) is 8.78 Å². The zero-order chi connectivity index (χ0) is 19.7. The number of rotatable bonds is 4. The van der Waals surface area contributed by atoms with Gasteiger partial charge in [0.05, 0.1) is 5.57 Å². The second-order valence-electron chi connectivity index (χ2n) is 6.68. The van der Waals surface area contributed by atoms with E-state index in [-0.39, 0.29) is 18.3 Å². The lowest BCUT2D eigenvalue weighted by Crippen LogP contribution is -2.33. The monoisotopic (exact) mass is 389 g/mol. The lowest BCUT2D eigenvalue weighted by Gasteiger charge is -2.27. The molecule has 0 unspecified atom stereocenters. The minimum atomic E-state index is -2.97. The average Bonchev–Trinajstić information content (AvgIpc) is 3.21. The first-order valence-electron chi connectivity index (χ1n) is 9.03. The Bertz CT molecular complexity index is 919. The molecule has 0 radical (unpaired) electrons. The summed E-state index contributed by atoms with van der Waals surface area (Å²) in [5.74, 6) is -0.132. The number of amides is 1. The number of carbonyl (C=O) groups is 1. The molecule has 146 valence electrons. The van der Waals surface area contributed by atoms with Crippen molar-refractivity contribution in [3.8, 4) is 11.5 Å². The van der Waals surface area contributed by atoms with E-state index in [2.05, 4.69) is 4.74 Å². The third-order valence-electron chi connectivity index (χ3n) is 4.90. The number of benzene rings is 2. The van der Waals surface area contributed by atoms with Gasteiger partial charge in [0.2, 0.25) is 0 Å². The van der Waals surface area contributed by atoms with E-state index in [0.29, 0.717) is 41.1 Å². The fourth-order valence-corrected chi connectivity index (χ4v) is 3.62. The van der Waals surface area contributed by atoms with Crippen LogP contribution in [0.1, 0.15) is 24.0 Å². The van der Waals surface area contributed by atoms with Crippen LogP contribution in [0.2, 0.25) is 0 Å². The highest BCUT2D eigenvalue weighted by Gasteiger charge is 2.30. The van der Waals surface area contributed by atoms with Gasteiger partial charge in [-0.25, -0.2) is 4.39 Å². The Balaban J connectivity index is 1.85. The smallest absolute Gasteiger partial charge is 0.387 e. The summed E-state index contributed by atoms with van der Waals surface area (Å²) >= 11 is 0. The van der Waals surface area contributed by atoms with Crippen LogP contribution in [0.15, 0.2) is 48.0 Å². The minimum absolute atomic E-state index is 0.0353. The van der Waals surface area contributed by atoms with Gasteiger partial charge in [0.1, 0.15) is 23.9 Å². The summed E-state index contributed by atoms with van der Waals surface area (Å²) in [6.07, 6.45) is 1.88. The molecule has 0 aliphatic carbocycles. The lowest BCUT2D eigenvalue weighted by molar-refractivity contribution is -0.126. The maximum atomic E-state index is 13.4. The molecule has 2 heterocycles. The molecule has 7 heteroatoms. The molecule has 1 saturated heterocycles. The van der Waals surface area contributed by atoms with Crippen LogP contribution in [0, 0.1) is 5.82 Å². The SMILES string of the molecule is O=C(C1=C(c2ccc(F)cc2)c2cc(OC(F)F)ccc2OC1)N1CCCC1. The van der Waals surface area contributed by atoms with E-state index < -0.39 is 12.4 Å². The molecule has 28 heavy (non-hydrogen) atoms. The highest BCUT2D eigenvalue weighted by Crippen LogP contribution is 2.40. The molecule has 2 aliphatic heterocycles. The van der Waals surface area contributed by atoms with Gasteiger partial charge in [-0.15, -0.1) is 0 Å². The van der Waals surface area contributed by atoms with Gasteiger partial charge in [0.25, 0.3) is 5.91 Å². The predicted octanol–water partition coefficient (Wildman–Crippen LogP) is 4.24. The molecule has 1 fully saturated rings. The van der Waals surface area contributed by atoms with Crippen molar-refractivity contribution in [2.45, 2.75) is 19.5 Å². The summed E-state index contributed by atoms with van der Waals surface area (Å²) in [5, 5.41) is 0. The van der Waals surface area contributed by atoms with Crippen molar-refractivity contribution in [1.82, 2.24) is 4.90 Å². The van der Waals surface area contributed by atoms with Crippen molar-refractivity contribution in [2.24, 2.45) is 0 Å². The fraction of sp³-hybridized carbons (Fsp3) is 0.286. The van der Waals surface area contributed by atoms with Gasteiger partial charge in [-0.1, -0.05) is 12.1 Å². The topological polar surface area (TPSA) is 38.8 Å². The normalized spacial score (nSPS) is 16.2. The fourth-order valence-electron chi connectivity index (χ4n) is 3.62. The number of likely N-dealkylation sites (tertiary alicyclic amines) is 1. The number of hydrogen-bond donors (Lipinski definition) is 0. The highest BCUT2D eigenvalue weighted by atomic mass is 19.3. The average molecular weight is 389 g/mol. The Kier molecular flexibility index (Phi) is 4.98. The van der Waals surface area contributed by atoms with E-state index >= 15 is 0 Å². The van der Waals surface area contributed by atoms with Gasteiger partial charge < -0.3 is 14.4 Å². The molecule has 2 aliphatic rings. The first-order valence-corrected chi connectivity index (χ1v) is 9.03. The van der Waals surface area contributed by atoms with Crippen molar-refractivity contribution in [2.75, 3.05) is 19.7 Å². The maximum absolute atomic E-state index is 13.4. The zero-order valence-electron chi connectivity index (χ0n) is 15.0. The van der Waals surface area contributed by atoms with Crippen LogP contribution in [0.3, 0.4) is 0 Å². The summed E-state index contributed by atoms with van der Waals surface area (Å²) in [7, 11) is 0. The third-order valence-corrected chi connectivity index (χ3v) is 4.90. The van der Waals surface area contributed by atoms with Gasteiger partial charge >= 0.3 is 6.61 Å². The van der Waals surface area contributed by atoms with Gasteiger partial charge in [0, 0.05) is 24.2 Å². The molecule has 2 aromatic carbocycles. The first kappa shape index (κ1) is 18.4. The van der Waals surface area contributed by atoms with Crippen LogP contribution >= 0.6 is 0 Å². The Hall–Kier alpha value is -2.96. The number of hydrogen-bond acceptors (Lipinski definition) is 3. The van der Waals surface area contributed by atoms with Crippen LogP contribution in [0.5, 0.6) is 11.5 Å². The molecular weight excluding hydrogens is 371 g/mol.